The zero-order chi connectivity index (χ0) is 19.3. The van der Waals surface area contributed by atoms with Gasteiger partial charge < -0.3 is 10.6 Å². The molecule has 1 amide bonds. The van der Waals surface area contributed by atoms with Gasteiger partial charge in [0, 0.05) is 31.4 Å². The molecule has 26 heavy (non-hydrogen) atoms. The van der Waals surface area contributed by atoms with E-state index in [4.69, 9.17) is 11.6 Å². The Balaban J connectivity index is 1.98. The van der Waals surface area contributed by atoms with E-state index in [2.05, 4.69) is 10.6 Å². The molecule has 2 rings (SSSR count). The second-order valence-electron chi connectivity index (χ2n) is 6.02. The van der Waals surface area contributed by atoms with Gasteiger partial charge in [-0.05, 0) is 42.3 Å². The van der Waals surface area contributed by atoms with E-state index in [-0.39, 0.29) is 17.3 Å². The number of aryl methyl sites for hydroxylation is 1. The number of carbonyl (C=O) groups excluding carboxylic acids is 1. The molecule has 140 valence electrons. The molecule has 0 atom stereocenters. The summed E-state index contributed by atoms with van der Waals surface area (Å²) in [6, 6.07) is 12.0. The lowest BCUT2D eigenvalue weighted by atomic mass is 10.2. The molecule has 0 spiro atoms. The van der Waals surface area contributed by atoms with Gasteiger partial charge in [-0.25, -0.2) is 12.7 Å². The van der Waals surface area contributed by atoms with E-state index in [1.54, 1.807) is 24.3 Å². The van der Waals surface area contributed by atoms with Crippen LogP contribution in [0.1, 0.15) is 11.1 Å². The van der Waals surface area contributed by atoms with Crippen molar-refractivity contribution in [2.75, 3.05) is 26.0 Å². The molecule has 2 aromatic rings. The van der Waals surface area contributed by atoms with E-state index in [9.17, 15) is 13.2 Å². The van der Waals surface area contributed by atoms with Crippen LogP contribution in [0, 0.1) is 6.92 Å². The molecule has 0 aliphatic carbocycles. The van der Waals surface area contributed by atoms with Crippen molar-refractivity contribution in [2.45, 2.75) is 18.4 Å². The molecule has 0 unspecified atom stereocenters. The average molecular weight is 396 g/mol. The van der Waals surface area contributed by atoms with Gasteiger partial charge in [-0.2, -0.15) is 0 Å². The van der Waals surface area contributed by atoms with Crippen LogP contribution < -0.4 is 10.6 Å². The van der Waals surface area contributed by atoms with E-state index in [1.807, 2.05) is 19.1 Å². The predicted octanol–water partition coefficient (Wildman–Crippen LogP) is 2.63. The number of halogens is 1. The van der Waals surface area contributed by atoms with E-state index < -0.39 is 10.0 Å². The zero-order valence-electron chi connectivity index (χ0n) is 14.9. The normalized spacial score (nSPS) is 11.4. The average Bonchev–Trinajstić information content (AvgIpc) is 2.60. The largest absolute Gasteiger partial charge is 0.376 e. The Hall–Kier alpha value is -2.09. The summed E-state index contributed by atoms with van der Waals surface area (Å²) >= 11 is 5.83. The molecule has 2 N–H and O–H groups in total. The van der Waals surface area contributed by atoms with Gasteiger partial charge in [0.25, 0.3) is 0 Å². The number of rotatable bonds is 7. The Kier molecular flexibility index (Phi) is 6.63. The second-order valence-corrected chi connectivity index (χ2v) is 8.61. The van der Waals surface area contributed by atoms with Crippen LogP contribution in [0.4, 0.5) is 5.69 Å². The van der Waals surface area contributed by atoms with Crippen molar-refractivity contribution < 1.29 is 13.2 Å². The highest BCUT2D eigenvalue weighted by Crippen LogP contribution is 2.21. The summed E-state index contributed by atoms with van der Waals surface area (Å²) in [5.74, 6) is -0.194. The molecular weight excluding hydrogens is 374 g/mol. The minimum absolute atomic E-state index is 0.0416. The third-order valence-electron chi connectivity index (χ3n) is 3.83. The summed E-state index contributed by atoms with van der Waals surface area (Å²) in [7, 11) is -0.565. The molecule has 0 heterocycles. The van der Waals surface area contributed by atoms with Gasteiger partial charge in [-0.15, -0.1) is 0 Å². The third-order valence-corrected chi connectivity index (χ3v) is 5.89. The quantitative estimate of drug-likeness (QED) is 0.755. The summed E-state index contributed by atoms with van der Waals surface area (Å²) in [5, 5.41) is 6.44. The van der Waals surface area contributed by atoms with Crippen molar-refractivity contribution in [3.8, 4) is 0 Å². The maximum atomic E-state index is 12.2. The number of sulfonamides is 1. The first-order chi connectivity index (χ1) is 12.2. The molecular formula is C18H22ClN3O3S. The van der Waals surface area contributed by atoms with Gasteiger partial charge >= 0.3 is 0 Å². The van der Waals surface area contributed by atoms with Crippen molar-refractivity contribution >= 4 is 33.2 Å². The number of carbonyl (C=O) groups is 1. The van der Waals surface area contributed by atoms with Crippen LogP contribution in [0.5, 0.6) is 0 Å². The zero-order valence-corrected chi connectivity index (χ0v) is 16.5. The van der Waals surface area contributed by atoms with Gasteiger partial charge in [0.1, 0.15) is 0 Å². The van der Waals surface area contributed by atoms with Crippen molar-refractivity contribution in [1.82, 2.24) is 9.62 Å². The molecule has 8 heteroatoms. The van der Waals surface area contributed by atoms with Gasteiger partial charge in [0.05, 0.1) is 11.4 Å². The molecule has 0 saturated heterocycles. The topological polar surface area (TPSA) is 78.5 Å². The van der Waals surface area contributed by atoms with Crippen LogP contribution >= 0.6 is 11.6 Å². The summed E-state index contributed by atoms with van der Waals surface area (Å²) in [6.45, 7) is 2.28. The number of benzene rings is 2. The molecule has 6 nitrogen and oxygen atoms in total. The monoisotopic (exact) mass is 395 g/mol. The van der Waals surface area contributed by atoms with Crippen molar-refractivity contribution in [1.29, 1.82) is 0 Å². The Morgan fingerprint density at radius 3 is 2.38 bits per heavy atom. The maximum absolute atomic E-state index is 12.2. The molecule has 0 radical (unpaired) electrons. The lowest BCUT2D eigenvalue weighted by molar-refractivity contribution is -0.119. The number of nitrogens with zero attached hydrogens (tertiary/aromatic N) is 1. The Morgan fingerprint density at radius 2 is 1.77 bits per heavy atom. The first-order valence-corrected chi connectivity index (χ1v) is 9.80. The lowest BCUT2D eigenvalue weighted by Gasteiger charge is -2.15. The van der Waals surface area contributed by atoms with Crippen molar-refractivity contribution in [3.63, 3.8) is 0 Å². The molecule has 0 fully saturated rings. The molecule has 0 aliphatic heterocycles. The number of nitrogens with one attached hydrogen (secondary N) is 2. The molecule has 0 saturated carbocycles. The van der Waals surface area contributed by atoms with E-state index in [0.717, 1.165) is 15.4 Å². The van der Waals surface area contributed by atoms with E-state index in [1.165, 1.54) is 20.2 Å². The first kappa shape index (κ1) is 20.2. The number of amides is 1. The standard InChI is InChI=1S/C18H22ClN3O3S/c1-13-4-9-16(26(24,25)22(2)3)10-17(13)20-12-18(23)21-11-14-5-7-15(19)8-6-14/h4-10,20H,11-12H2,1-3H3,(H,21,23). The fourth-order valence-corrected chi connectivity index (χ4v) is 3.26. The SMILES string of the molecule is Cc1ccc(S(=O)(=O)N(C)C)cc1NCC(=O)NCc1ccc(Cl)cc1. The van der Waals surface area contributed by atoms with Crippen molar-refractivity contribution in [2.24, 2.45) is 0 Å². The summed E-state index contributed by atoms with van der Waals surface area (Å²) in [4.78, 5) is 12.2. The molecule has 0 bridgehead atoms. The van der Waals surface area contributed by atoms with Crippen LogP contribution in [0.3, 0.4) is 0 Å². The second kappa shape index (κ2) is 8.53. The minimum Gasteiger partial charge on any atom is -0.376 e. The summed E-state index contributed by atoms with van der Waals surface area (Å²) < 4.78 is 25.6. The van der Waals surface area contributed by atoms with Crippen molar-refractivity contribution in [3.05, 3.63) is 58.6 Å². The number of anilines is 1. The van der Waals surface area contributed by atoms with Crippen LogP contribution in [0.15, 0.2) is 47.4 Å². The van der Waals surface area contributed by atoms with E-state index >= 15 is 0 Å². The number of hydrogen-bond acceptors (Lipinski definition) is 4. The number of hydrogen-bond donors (Lipinski definition) is 2. The summed E-state index contributed by atoms with van der Waals surface area (Å²) in [5.41, 5.74) is 2.40. The Morgan fingerprint density at radius 1 is 1.12 bits per heavy atom. The highest BCUT2D eigenvalue weighted by Gasteiger charge is 2.18. The molecule has 0 aromatic heterocycles. The lowest BCUT2D eigenvalue weighted by Crippen LogP contribution is -2.29. The summed E-state index contributed by atoms with van der Waals surface area (Å²) in [6.07, 6.45) is 0. The molecule has 2 aromatic carbocycles. The highest BCUT2D eigenvalue weighted by atomic mass is 35.5. The van der Waals surface area contributed by atoms with Crippen LogP contribution in [-0.2, 0) is 21.4 Å². The highest BCUT2D eigenvalue weighted by molar-refractivity contribution is 7.89. The van der Waals surface area contributed by atoms with Gasteiger partial charge in [-0.3, -0.25) is 4.79 Å². The minimum atomic E-state index is -3.52. The Labute approximate surface area is 159 Å². The van der Waals surface area contributed by atoms with Gasteiger partial charge in [0.2, 0.25) is 15.9 Å². The van der Waals surface area contributed by atoms with E-state index in [0.29, 0.717) is 17.3 Å². The fourth-order valence-electron chi connectivity index (χ4n) is 2.20. The fraction of sp³-hybridized carbons (Fsp3) is 0.278. The van der Waals surface area contributed by atoms with Gasteiger partial charge in [0.15, 0.2) is 0 Å². The Bertz CT molecular complexity index is 881. The molecule has 0 aliphatic rings. The van der Waals surface area contributed by atoms with Crippen LogP contribution in [-0.4, -0.2) is 39.3 Å². The third kappa shape index (κ3) is 5.20. The van der Waals surface area contributed by atoms with Gasteiger partial charge in [-0.1, -0.05) is 29.8 Å². The smallest absolute Gasteiger partial charge is 0.242 e. The van der Waals surface area contributed by atoms with Crippen LogP contribution in [0.2, 0.25) is 5.02 Å². The predicted molar refractivity (Wildman–Crippen MR) is 104 cm³/mol. The maximum Gasteiger partial charge on any atom is 0.242 e. The van der Waals surface area contributed by atoms with Crippen LogP contribution in [0.25, 0.3) is 0 Å². The first-order valence-electron chi connectivity index (χ1n) is 7.98.